The molecule has 3 rings (SSSR count). The summed E-state index contributed by atoms with van der Waals surface area (Å²) in [6, 6.07) is 12.7. The van der Waals surface area contributed by atoms with Gasteiger partial charge in [-0.05, 0) is 49.3 Å². The molecule has 0 aliphatic heterocycles. The zero-order valence-corrected chi connectivity index (χ0v) is 15.5. The number of thiophene rings is 1. The molecule has 0 spiro atoms. The van der Waals surface area contributed by atoms with E-state index in [1.165, 1.54) is 21.3 Å². The number of aromatic amines is 1. The van der Waals surface area contributed by atoms with E-state index in [4.69, 9.17) is 4.99 Å². The van der Waals surface area contributed by atoms with Gasteiger partial charge in [-0.2, -0.15) is 0 Å². The van der Waals surface area contributed by atoms with E-state index in [2.05, 4.69) is 70.5 Å². The molecule has 0 aliphatic carbocycles. The van der Waals surface area contributed by atoms with Gasteiger partial charge in [-0.1, -0.05) is 24.3 Å². The van der Waals surface area contributed by atoms with E-state index in [0.717, 1.165) is 44.9 Å². The minimum Gasteiger partial charge on any atom is -0.361 e. The Balaban J connectivity index is 1.46. The third kappa shape index (κ3) is 5.10. The summed E-state index contributed by atoms with van der Waals surface area (Å²) in [5, 5.41) is 10.2. The Kier molecular flexibility index (Phi) is 6.51. The van der Waals surface area contributed by atoms with Gasteiger partial charge in [-0.25, -0.2) is 0 Å². The first-order valence-electron chi connectivity index (χ1n) is 8.96. The van der Waals surface area contributed by atoms with Crippen LogP contribution in [0.2, 0.25) is 0 Å². The monoisotopic (exact) mass is 354 g/mol. The molecule has 2 heterocycles. The molecule has 0 saturated heterocycles. The third-order valence-corrected chi connectivity index (χ3v) is 5.07. The lowest BCUT2D eigenvalue weighted by Crippen LogP contribution is -2.38. The quantitative estimate of drug-likeness (QED) is 0.326. The number of guanidine groups is 1. The van der Waals surface area contributed by atoms with E-state index in [0.29, 0.717) is 0 Å². The van der Waals surface area contributed by atoms with Crippen molar-refractivity contribution in [1.82, 2.24) is 15.6 Å². The van der Waals surface area contributed by atoms with Crippen molar-refractivity contribution >= 4 is 28.2 Å². The Bertz CT molecular complexity index is 789. The molecule has 2 aromatic heterocycles. The summed E-state index contributed by atoms with van der Waals surface area (Å²) in [6.45, 7) is 4.72. The molecule has 0 saturated carbocycles. The first-order chi connectivity index (χ1) is 12.4. The van der Waals surface area contributed by atoms with Crippen molar-refractivity contribution < 1.29 is 0 Å². The number of fused-ring (bicyclic) bond motifs is 1. The molecule has 1 aromatic carbocycles. The lowest BCUT2D eigenvalue weighted by atomic mass is 10.1. The van der Waals surface area contributed by atoms with Crippen LogP contribution in [0, 0.1) is 0 Å². The van der Waals surface area contributed by atoms with Gasteiger partial charge in [-0.3, -0.25) is 4.99 Å². The second-order valence-electron chi connectivity index (χ2n) is 5.98. The number of nitrogens with one attached hydrogen (secondary N) is 3. The predicted molar refractivity (Wildman–Crippen MR) is 109 cm³/mol. The smallest absolute Gasteiger partial charge is 0.191 e. The first kappa shape index (κ1) is 17.5. The van der Waals surface area contributed by atoms with Crippen LogP contribution in [0.25, 0.3) is 10.9 Å². The van der Waals surface area contributed by atoms with Crippen LogP contribution < -0.4 is 10.6 Å². The van der Waals surface area contributed by atoms with Gasteiger partial charge < -0.3 is 15.6 Å². The summed E-state index contributed by atoms with van der Waals surface area (Å²) >= 11 is 1.81. The fraction of sp³-hybridized carbons (Fsp3) is 0.350. The summed E-state index contributed by atoms with van der Waals surface area (Å²) in [5.74, 6) is 0.915. The molecular weight excluding hydrogens is 328 g/mol. The number of rotatable bonds is 8. The van der Waals surface area contributed by atoms with Gasteiger partial charge in [0.25, 0.3) is 0 Å². The average molecular weight is 355 g/mol. The topological polar surface area (TPSA) is 52.2 Å². The van der Waals surface area contributed by atoms with Crippen LogP contribution in [0.5, 0.6) is 0 Å². The fourth-order valence-corrected chi connectivity index (χ4v) is 3.61. The molecule has 132 valence electrons. The van der Waals surface area contributed by atoms with Gasteiger partial charge in [0.15, 0.2) is 5.96 Å². The number of aromatic nitrogens is 1. The molecule has 3 aromatic rings. The maximum atomic E-state index is 4.70. The van der Waals surface area contributed by atoms with Crippen molar-refractivity contribution in [3.05, 3.63) is 58.4 Å². The van der Waals surface area contributed by atoms with Crippen molar-refractivity contribution in [1.29, 1.82) is 0 Å². The van der Waals surface area contributed by atoms with Crippen molar-refractivity contribution in [3.8, 4) is 0 Å². The van der Waals surface area contributed by atoms with Crippen LogP contribution in [0.3, 0.4) is 0 Å². The van der Waals surface area contributed by atoms with Crippen LogP contribution in [-0.4, -0.2) is 30.6 Å². The maximum absolute atomic E-state index is 4.70. The molecule has 0 fully saturated rings. The van der Waals surface area contributed by atoms with Gasteiger partial charge in [0.1, 0.15) is 0 Å². The highest BCUT2D eigenvalue weighted by atomic mass is 32.1. The normalized spacial score (nSPS) is 11.8. The SMILES string of the molecule is CCNC(=NCCCc1c[nH]c2ccccc12)NCCc1cccs1. The Morgan fingerprint density at radius 1 is 1.12 bits per heavy atom. The number of hydrogen-bond acceptors (Lipinski definition) is 2. The van der Waals surface area contributed by atoms with Crippen LogP contribution >= 0.6 is 11.3 Å². The first-order valence-corrected chi connectivity index (χ1v) is 9.84. The van der Waals surface area contributed by atoms with Crippen LogP contribution in [0.1, 0.15) is 23.8 Å². The standard InChI is InChI=1S/C20H26N4S/c1-2-21-20(23-13-11-17-8-6-14-25-17)22-12-5-7-16-15-24-19-10-4-3-9-18(16)19/h3-4,6,8-10,14-15,24H,2,5,7,11-13H2,1H3,(H2,21,22,23). The second kappa shape index (κ2) is 9.28. The molecular formula is C20H26N4S. The maximum Gasteiger partial charge on any atom is 0.191 e. The third-order valence-electron chi connectivity index (χ3n) is 4.14. The van der Waals surface area contributed by atoms with Gasteiger partial charge in [-0.15, -0.1) is 11.3 Å². The molecule has 0 bridgehead atoms. The molecule has 0 atom stereocenters. The fourth-order valence-electron chi connectivity index (χ4n) is 2.90. The number of nitrogens with zero attached hydrogens (tertiary/aromatic N) is 1. The van der Waals surface area contributed by atoms with E-state index >= 15 is 0 Å². The summed E-state index contributed by atoms with van der Waals surface area (Å²) in [6.07, 6.45) is 5.25. The van der Waals surface area contributed by atoms with Crippen molar-refractivity contribution in [2.75, 3.05) is 19.6 Å². The highest BCUT2D eigenvalue weighted by molar-refractivity contribution is 7.09. The van der Waals surface area contributed by atoms with E-state index in [-0.39, 0.29) is 0 Å². The molecule has 5 heteroatoms. The lowest BCUT2D eigenvalue weighted by Gasteiger charge is -2.10. The summed E-state index contributed by atoms with van der Waals surface area (Å²) in [4.78, 5) is 9.44. The number of aliphatic imine (C=N–C) groups is 1. The van der Waals surface area contributed by atoms with E-state index in [9.17, 15) is 0 Å². The number of para-hydroxylation sites is 1. The van der Waals surface area contributed by atoms with E-state index in [1.807, 2.05) is 0 Å². The Labute approximate surface area is 153 Å². The van der Waals surface area contributed by atoms with Crippen LogP contribution in [-0.2, 0) is 12.8 Å². The van der Waals surface area contributed by atoms with Crippen LogP contribution in [0.4, 0.5) is 0 Å². The Morgan fingerprint density at radius 2 is 2.04 bits per heavy atom. The highest BCUT2D eigenvalue weighted by Gasteiger charge is 2.03. The van der Waals surface area contributed by atoms with Crippen molar-refractivity contribution in [3.63, 3.8) is 0 Å². The summed E-state index contributed by atoms with van der Waals surface area (Å²) in [7, 11) is 0. The zero-order valence-electron chi connectivity index (χ0n) is 14.7. The molecule has 4 nitrogen and oxygen atoms in total. The Morgan fingerprint density at radius 3 is 2.88 bits per heavy atom. The number of benzene rings is 1. The zero-order chi connectivity index (χ0) is 17.3. The van der Waals surface area contributed by atoms with Crippen LogP contribution in [0.15, 0.2) is 53.0 Å². The molecule has 0 radical (unpaired) electrons. The lowest BCUT2D eigenvalue weighted by molar-refractivity contribution is 0.781. The molecule has 0 amide bonds. The molecule has 0 unspecified atom stereocenters. The summed E-state index contributed by atoms with van der Waals surface area (Å²) < 4.78 is 0. The highest BCUT2D eigenvalue weighted by Crippen LogP contribution is 2.18. The average Bonchev–Trinajstić information content (AvgIpc) is 3.28. The van der Waals surface area contributed by atoms with Crippen molar-refractivity contribution in [2.24, 2.45) is 4.99 Å². The number of aryl methyl sites for hydroxylation is 1. The van der Waals surface area contributed by atoms with E-state index in [1.54, 1.807) is 11.3 Å². The second-order valence-corrected chi connectivity index (χ2v) is 7.01. The minimum atomic E-state index is 0.827. The molecule has 25 heavy (non-hydrogen) atoms. The largest absolute Gasteiger partial charge is 0.361 e. The number of hydrogen-bond donors (Lipinski definition) is 3. The van der Waals surface area contributed by atoms with Gasteiger partial charge in [0, 0.05) is 41.6 Å². The Hall–Kier alpha value is -2.27. The summed E-state index contributed by atoms with van der Waals surface area (Å²) in [5.41, 5.74) is 2.59. The van der Waals surface area contributed by atoms with E-state index < -0.39 is 0 Å². The number of H-pyrrole nitrogens is 1. The van der Waals surface area contributed by atoms with Gasteiger partial charge in [0.05, 0.1) is 0 Å². The predicted octanol–water partition coefficient (Wildman–Crippen LogP) is 3.96. The van der Waals surface area contributed by atoms with Gasteiger partial charge in [0.2, 0.25) is 0 Å². The van der Waals surface area contributed by atoms with Gasteiger partial charge >= 0.3 is 0 Å². The molecule has 3 N–H and O–H groups in total. The molecule has 0 aliphatic rings. The minimum absolute atomic E-state index is 0.827. The van der Waals surface area contributed by atoms with Crippen molar-refractivity contribution in [2.45, 2.75) is 26.2 Å².